The van der Waals surface area contributed by atoms with Gasteiger partial charge in [-0.15, -0.1) is 0 Å². The van der Waals surface area contributed by atoms with E-state index in [1.807, 2.05) is 6.20 Å². The number of halogens is 1. The van der Waals surface area contributed by atoms with Gasteiger partial charge in [0.05, 0.1) is 10.7 Å². The summed E-state index contributed by atoms with van der Waals surface area (Å²) < 4.78 is 5.39. The second kappa shape index (κ2) is 4.15. The third-order valence-corrected chi connectivity index (χ3v) is 5.32. The van der Waals surface area contributed by atoms with Crippen LogP contribution >= 0.6 is 27.5 Å². The van der Waals surface area contributed by atoms with Crippen LogP contribution in [0.1, 0.15) is 43.9 Å². The van der Waals surface area contributed by atoms with E-state index in [0.29, 0.717) is 17.4 Å². The minimum absolute atomic E-state index is 0.352. The molecule has 1 aliphatic carbocycles. The van der Waals surface area contributed by atoms with E-state index in [1.165, 1.54) is 11.3 Å². The molecule has 0 aliphatic heterocycles. The lowest BCUT2D eigenvalue weighted by Gasteiger charge is -2.40. The maximum absolute atomic E-state index is 6.07. The molecule has 4 heteroatoms. The molecule has 84 valence electrons. The summed E-state index contributed by atoms with van der Waals surface area (Å²) in [7, 11) is 0. The van der Waals surface area contributed by atoms with Gasteiger partial charge >= 0.3 is 0 Å². The highest BCUT2D eigenvalue weighted by Gasteiger charge is 2.37. The van der Waals surface area contributed by atoms with E-state index in [0.717, 1.165) is 17.3 Å². The van der Waals surface area contributed by atoms with Crippen LogP contribution in [0.25, 0.3) is 0 Å². The highest BCUT2D eigenvalue weighted by atomic mass is 79.9. The largest absolute Gasteiger partial charge is 0.328 e. The average Bonchev–Trinajstić information content (AvgIpc) is 2.56. The lowest BCUT2D eigenvalue weighted by atomic mass is 9.67. The summed E-state index contributed by atoms with van der Waals surface area (Å²) in [5.41, 5.74) is 6.42. The van der Waals surface area contributed by atoms with E-state index in [1.54, 1.807) is 11.5 Å². The fourth-order valence-corrected chi connectivity index (χ4v) is 4.09. The van der Waals surface area contributed by atoms with Crippen molar-refractivity contribution in [3.8, 4) is 0 Å². The van der Waals surface area contributed by atoms with Crippen molar-refractivity contribution >= 4 is 27.5 Å². The van der Waals surface area contributed by atoms with Gasteiger partial charge in [-0.05, 0) is 52.1 Å². The predicted octanol–water partition coefficient (Wildman–Crippen LogP) is 3.53. The molecule has 0 spiro atoms. The molecule has 1 heterocycles. The van der Waals surface area contributed by atoms with E-state index >= 15 is 0 Å². The molecule has 0 bridgehead atoms. The SMILES string of the molecule is CC1(C)CCC(N)CC1c1sncc1Br. The Hall–Kier alpha value is 0.0700. The number of hydrogen-bond donors (Lipinski definition) is 1. The van der Waals surface area contributed by atoms with Crippen LogP contribution in [0.3, 0.4) is 0 Å². The Morgan fingerprint density at radius 1 is 1.60 bits per heavy atom. The molecule has 1 aromatic rings. The fourth-order valence-electron chi connectivity index (χ4n) is 2.40. The van der Waals surface area contributed by atoms with Crippen LogP contribution in [-0.2, 0) is 0 Å². The topological polar surface area (TPSA) is 38.9 Å². The van der Waals surface area contributed by atoms with Crippen LogP contribution in [0.4, 0.5) is 0 Å². The van der Waals surface area contributed by atoms with E-state index in [2.05, 4.69) is 34.2 Å². The Morgan fingerprint density at radius 3 is 2.93 bits per heavy atom. The number of aromatic nitrogens is 1. The van der Waals surface area contributed by atoms with Gasteiger partial charge in [-0.3, -0.25) is 0 Å². The van der Waals surface area contributed by atoms with Crippen molar-refractivity contribution in [2.75, 3.05) is 0 Å². The van der Waals surface area contributed by atoms with E-state index < -0.39 is 0 Å². The molecule has 1 aliphatic rings. The molecule has 1 saturated carbocycles. The summed E-state index contributed by atoms with van der Waals surface area (Å²) in [4.78, 5) is 1.37. The van der Waals surface area contributed by atoms with Gasteiger partial charge in [-0.1, -0.05) is 13.8 Å². The van der Waals surface area contributed by atoms with Crippen molar-refractivity contribution in [1.29, 1.82) is 0 Å². The fraction of sp³-hybridized carbons (Fsp3) is 0.727. The molecule has 0 aromatic carbocycles. The summed E-state index contributed by atoms with van der Waals surface area (Å²) in [6, 6.07) is 0.358. The van der Waals surface area contributed by atoms with E-state index in [-0.39, 0.29) is 0 Å². The van der Waals surface area contributed by atoms with Crippen LogP contribution in [0.5, 0.6) is 0 Å². The van der Waals surface area contributed by atoms with Crippen LogP contribution in [0.15, 0.2) is 10.7 Å². The Balaban J connectivity index is 2.29. The third-order valence-electron chi connectivity index (χ3n) is 3.51. The van der Waals surface area contributed by atoms with Crippen LogP contribution in [-0.4, -0.2) is 10.4 Å². The first-order valence-electron chi connectivity index (χ1n) is 5.36. The maximum atomic E-state index is 6.07. The van der Waals surface area contributed by atoms with Crippen molar-refractivity contribution < 1.29 is 0 Å². The number of hydrogen-bond acceptors (Lipinski definition) is 3. The monoisotopic (exact) mass is 288 g/mol. The second-order valence-electron chi connectivity index (χ2n) is 5.11. The van der Waals surface area contributed by atoms with Crippen molar-refractivity contribution in [3.05, 3.63) is 15.5 Å². The third kappa shape index (κ3) is 2.27. The lowest BCUT2D eigenvalue weighted by molar-refractivity contribution is 0.185. The van der Waals surface area contributed by atoms with Gasteiger partial charge in [0.15, 0.2) is 0 Å². The first kappa shape index (κ1) is 11.6. The van der Waals surface area contributed by atoms with Crippen LogP contribution < -0.4 is 5.73 Å². The average molecular weight is 289 g/mol. The number of nitrogens with two attached hydrogens (primary N) is 1. The molecular weight excluding hydrogens is 272 g/mol. The second-order valence-corrected chi connectivity index (χ2v) is 6.80. The Labute approximate surface area is 104 Å². The van der Waals surface area contributed by atoms with Crippen molar-refractivity contribution in [3.63, 3.8) is 0 Å². The zero-order valence-electron chi connectivity index (χ0n) is 9.16. The van der Waals surface area contributed by atoms with E-state index in [9.17, 15) is 0 Å². The van der Waals surface area contributed by atoms with Gasteiger partial charge in [-0.25, -0.2) is 0 Å². The molecule has 1 aromatic heterocycles. The van der Waals surface area contributed by atoms with Gasteiger partial charge < -0.3 is 5.73 Å². The standard InChI is InChI=1S/C11H17BrN2S/c1-11(2)4-3-7(13)5-8(11)10-9(12)6-14-15-10/h6-8H,3-5,13H2,1-2H3. The summed E-state index contributed by atoms with van der Waals surface area (Å²) in [5.74, 6) is 0.558. The van der Waals surface area contributed by atoms with Crippen LogP contribution in [0, 0.1) is 5.41 Å². The molecule has 0 radical (unpaired) electrons. The minimum Gasteiger partial charge on any atom is -0.328 e. The molecule has 2 rings (SSSR count). The minimum atomic E-state index is 0.352. The van der Waals surface area contributed by atoms with Gasteiger partial charge in [0.25, 0.3) is 0 Å². The lowest BCUT2D eigenvalue weighted by Crippen LogP contribution is -2.36. The Bertz CT molecular complexity index is 348. The molecular formula is C11H17BrN2S. The van der Waals surface area contributed by atoms with Gasteiger partial charge in [0, 0.05) is 16.8 Å². The normalized spacial score (nSPS) is 30.4. The Kier molecular flexibility index (Phi) is 3.20. The molecule has 0 amide bonds. The number of nitrogens with zero attached hydrogens (tertiary/aromatic N) is 1. The maximum Gasteiger partial charge on any atom is 0.0552 e. The first-order valence-corrected chi connectivity index (χ1v) is 6.93. The van der Waals surface area contributed by atoms with Crippen molar-refractivity contribution in [2.45, 2.75) is 45.1 Å². The molecule has 2 atom stereocenters. The zero-order valence-corrected chi connectivity index (χ0v) is 11.6. The van der Waals surface area contributed by atoms with E-state index in [4.69, 9.17) is 5.73 Å². The van der Waals surface area contributed by atoms with Crippen LogP contribution in [0.2, 0.25) is 0 Å². The predicted molar refractivity (Wildman–Crippen MR) is 68.2 cm³/mol. The summed E-state index contributed by atoms with van der Waals surface area (Å²) in [6.45, 7) is 4.69. The summed E-state index contributed by atoms with van der Waals surface area (Å²) in [6.07, 6.45) is 5.35. The molecule has 2 unspecified atom stereocenters. The zero-order chi connectivity index (χ0) is 11.1. The molecule has 2 nitrogen and oxygen atoms in total. The first-order chi connectivity index (χ1) is 7.00. The summed E-state index contributed by atoms with van der Waals surface area (Å²) >= 11 is 5.19. The molecule has 15 heavy (non-hydrogen) atoms. The highest BCUT2D eigenvalue weighted by molar-refractivity contribution is 9.10. The highest BCUT2D eigenvalue weighted by Crippen LogP contribution is 2.49. The molecule has 2 N–H and O–H groups in total. The number of rotatable bonds is 1. The smallest absolute Gasteiger partial charge is 0.0552 e. The Morgan fingerprint density at radius 2 is 2.33 bits per heavy atom. The van der Waals surface area contributed by atoms with Crippen molar-refractivity contribution in [2.24, 2.45) is 11.1 Å². The van der Waals surface area contributed by atoms with Crippen molar-refractivity contribution in [1.82, 2.24) is 4.37 Å². The van der Waals surface area contributed by atoms with Gasteiger partial charge in [0.2, 0.25) is 0 Å². The van der Waals surface area contributed by atoms with Gasteiger partial charge in [-0.2, -0.15) is 4.37 Å². The van der Waals surface area contributed by atoms with Gasteiger partial charge in [0.1, 0.15) is 0 Å². The quantitative estimate of drug-likeness (QED) is 0.859. The molecule has 1 fully saturated rings. The molecule has 0 saturated heterocycles. The summed E-state index contributed by atoms with van der Waals surface area (Å²) in [5, 5.41) is 0.